The summed E-state index contributed by atoms with van der Waals surface area (Å²) in [6.07, 6.45) is 89.2. The van der Waals surface area contributed by atoms with Gasteiger partial charge in [0.15, 0.2) is 6.10 Å². The molecule has 0 spiro atoms. The van der Waals surface area contributed by atoms with Crippen LogP contribution in [0, 0.1) is 0 Å². The Kier molecular flexibility index (Phi) is 65.7. The third-order valence-electron chi connectivity index (χ3n) is 15.4. The van der Waals surface area contributed by atoms with Gasteiger partial charge in [0.05, 0.1) is 0 Å². The molecule has 1 unspecified atom stereocenters. The van der Waals surface area contributed by atoms with Crippen LogP contribution in [0.4, 0.5) is 0 Å². The first-order valence-corrected chi connectivity index (χ1v) is 34.9. The Morgan fingerprint density at radius 1 is 0.263 bits per heavy atom. The van der Waals surface area contributed by atoms with Crippen LogP contribution in [-0.4, -0.2) is 37.2 Å². The number of hydrogen-bond donors (Lipinski definition) is 0. The van der Waals surface area contributed by atoms with Gasteiger partial charge in [0.25, 0.3) is 0 Å². The van der Waals surface area contributed by atoms with Crippen molar-refractivity contribution in [3.63, 3.8) is 0 Å². The third kappa shape index (κ3) is 65.7. The highest BCUT2D eigenvalue weighted by Crippen LogP contribution is 2.18. The van der Waals surface area contributed by atoms with E-state index in [2.05, 4.69) is 93.7 Å². The van der Waals surface area contributed by atoms with Gasteiger partial charge in [-0.15, -0.1) is 0 Å². The fourth-order valence-corrected chi connectivity index (χ4v) is 10.2. The molecule has 0 bridgehead atoms. The number of esters is 3. The normalized spacial score (nSPS) is 12.5. The maximum Gasteiger partial charge on any atom is 0.306 e. The molecule has 0 saturated carbocycles. The van der Waals surface area contributed by atoms with Crippen LogP contribution in [0.25, 0.3) is 0 Å². The highest BCUT2D eigenvalue weighted by molar-refractivity contribution is 5.71. The quantitative estimate of drug-likeness (QED) is 0.0261. The number of carbonyl (C=O) groups excluding carboxylic acids is 3. The average molecular weight is 1120 g/mol. The lowest BCUT2D eigenvalue weighted by atomic mass is 10.0. The van der Waals surface area contributed by atoms with Gasteiger partial charge in [0.1, 0.15) is 13.2 Å². The van der Waals surface area contributed by atoms with E-state index < -0.39 is 6.10 Å². The smallest absolute Gasteiger partial charge is 0.306 e. The summed E-state index contributed by atoms with van der Waals surface area (Å²) in [7, 11) is 0. The van der Waals surface area contributed by atoms with Gasteiger partial charge in [-0.2, -0.15) is 0 Å². The molecule has 0 aliphatic rings. The van der Waals surface area contributed by atoms with E-state index >= 15 is 0 Å². The van der Waals surface area contributed by atoms with Gasteiger partial charge in [-0.1, -0.05) is 325 Å². The molecular weight excluding hydrogens is 985 g/mol. The van der Waals surface area contributed by atoms with Crippen LogP contribution < -0.4 is 0 Å². The van der Waals surface area contributed by atoms with Crippen LogP contribution in [0.3, 0.4) is 0 Å². The van der Waals surface area contributed by atoms with Gasteiger partial charge in [-0.05, 0) is 89.9 Å². The molecule has 1 atom stereocenters. The minimum atomic E-state index is -0.777. The van der Waals surface area contributed by atoms with Crippen LogP contribution >= 0.6 is 0 Å². The van der Waals surface area contributed by atoms with E-state index in [0.717, 1.165) is 89.9 Å². The van der Waals surface area contributed by atoms with Crippen LogP contribution in [0.1, 0.15) is 361 Å². The molecule has 0 radical (unpaired) electrons. The van der Waals surface area contributed by atoms with E-state index in [0.29, 0.717) is 19.3 Å². The first-order chi connectivity index (χ1) is 39.5. The molecule has 0 aliphatic carbocycles. The molecular formula is C74H132O6. The Bertz CT molecular complexity index is 1470. The lowest BCUT2D eigenvalue weighted by molar-refractivity contribution is -0.167. The van der Waals surface area contributed by atoms with E-state index in [1.807, 2.05) is 0 Å². The van der Waals surface area contributed by atoms with E-state index in [9.17, 15) is 14.4 Å². The van der Waals surface area contributed by atoms with Crippen molar-refractivity contribution >= 4 is 17.9 Å². The fourth-order valence-electron chi connectivity index (χ4n) is 10.2. The molecule has 0 aliphatic heterocycles. The predicted molar refractivity (Wildman–Crippen MR) is 348 cm³/mol. The van der Waals surface area contributed by atoms with Gasteiger partial charge in [-0.25, -0.2) is 0 Å². The zero-order chi connectivity index (χ0) is 57.8. The number of carbonyl (C=O) groups is 3. The molecule has 0 amide bonds. The molecule has 80 heavy (non-hydrogen) atoms. The van der Waals surface area contributed by atoms with Gasteiger partial charge in [0.2, 0.25) is 0 Å². The molecule has 464 valence electrons. The van der Waals surface area contributed by atoms with Crippen LogP contribution in [0.5, 0.6) is 0 Å². The Balaban J connectivity index is 4.29. The van der Waals surface area contributed by atoms with Crippen molar-refractivity contribution in [3.8, 4) is 0 Å². The monoisotopic (exact) mass is 1120 g/mol. The number of hydrogen-bond acceptors (Lipinski definition) is 6. The van der Waals surface area contributed by atoms with Crippen molar-refractivity contribution in [1.82, 2.24) is 0 Å². The summed E-state index contributed by atoms with van der Waals surface area (Å²) in [6.45, 7) is 6.58. The largest absolute Gasteiger partial charge is 0.462 e. The highest BCUT2D eigenvalue weighted by atomic mass is 16.6. The minimum absolute atomic E-state index is 0.0723. The summed E-state index contributed by atoms with van der Waals surface area (Å²) in [5, 5.41) is 0. The Labute approximate surface area is 497 Å². The molecule has 0 aromatic rings. The molecule has 6 heteroatoms. The second-order valence-electron chi connectivity index (χ2n) is 23.4. The van der Waals surface area contributed by atoms with E-state index in [1.54, 1.807) is 0 Å². The summed E-state index contributed by atoms with van der Waals surface area (Å²) in [6, 6.07) is 0. The first-order valence-electron chi connectivity index (χ1n) is 34.9. The molecule has 0 fully saturated rings. The first kappa shape index (κ1) is 76.9. The Morgan fingerprint density at radius 2 is 0.487 bits per heavy atom. The second kappa shape index (κ2) is 68.3. The molecule has 0 aromatic carbocycles. The van der Waals surface area contributed by atoms with Crippen molar-refractivity contribution in [2.75, 3.05) is 13.2 Å². The summed E-state index contributed by atoms with van der Waals surface area (Å²) in [5.74, 6) is -0.856. The maximum atomic E-state index is 13.0. The van der Waals surface area contributed by atoms with Crippen LogP contribution in [-0.2, 0) is 28.6 Å². The van der Waals surface area contributed by atoms with Gasteiger partial charge < -0.3 is 14.2 Å². The maximum absolute atomic E-state index is 13.0. The summed E-state index contributed by atoms with van der Waals surface area (Å²) >= 11 is 0. The van der Waals surface area contributed by atoms with Gasteiger partial charge >= 0.3 is 17.9 Å². The van der Waals surface area contributed by atoms with E-state index in [4.69, 9.17) is 14.2 Å². The van der Waals surface area contributed by atoms with Crippen LogP contribution in [0.2, 0.25) is 0 Å². The van der Waals surface area contributed by atoms with Crippen molar-refractivity contribution in [3.05, 3.63) is 72.9 Å². The molecule has 0 N–H and O–H groups in total. The molecule has 0 saturated heterocycles. The average Bonchev–Trinajstić information content (AvgIpc) is 3.46. The Morgan fingerprint density at radius 3 is 0.775 bits per heavy atom. The van der Waals surface area contributed by atoms with Gasteiger partial charge in [-0.3, -0.25) is 14.4 Å². The molecule has 0 heterocycles. The number of rotatable bonds is 64. The SMILES string of the molecule is CC/C=C\C/C=C\C/C=C\C/C=C\C/C=C\CCCCCCCCCCCCCC(=O)OCC(COC(=O)CCCCCCCCCCCCCCCC)OC(=O)CCCCCCCCCCC/C=C\CCCCCCCCCC. The van der Waals surface area contributed by atoms with Crippen molar-refractivity contribution < 1.29 is 28.6 Å². The molecule has 0 aromatic heterocycles. The lowest BCUT2D eigenvalue weighted by Gasteiger charge is -2.18. The zero-order valence-corrected chi connectivity index (χ0v) is 53.3. The minimum Gasteiger partial charge on any atom is -0.462 e. The fraction of sp³-hybridized carbons (Fsp3) is 0.797. The number of unbranched alkanes of at least 4 members (excludes halogenated alkanes) is 41. The lowest BCUT2D eigenvalue weighted by Crippen LogP contribution is -2.30. The number of ether oxygens (including phenoxy) is 3. The predicted octanol–water partition coefficient (Wildman–Crippen LogP) is 24.1. The summed E-state index contributed by atoms with van der Waals surface area (Å²) < 4.78 is 17.0. The Hall–Kier alpha value is -3.15. The third-order valence-corrected chi connectivity index (χ3v) is 15.4. The standard InChI is InChI=1S/C74H132O6/c1-4-7-10-13-16-19-22-25-28-30-32-34-35-36-37-38-39-41-42-44-46-49-52-55-58-61-64-67-73(76)79-70-71(69-78-72(75)66-63-60-57-54-51-48-27-24-21-18-15-12-9-6-3)80-74(77)68-65-62-59-56-53-50-47-45-43-40-33-31-29-26-23-20-17-14-11-8-5-2/h7,10,16,19,25,28,31-34,36-37,71H,4-6,8-9,11-15,17-18,20-24,26-27,29-30,35,38-70H2,1-3H3/b10-7-,19-16-,28-25-,33-31-,34-32-,37-36-. The molecule has 0 rings (SSSR count). The van der Waals surface area contributed by atoms with Crippen molar-refractivity contribution in [2.45, 2.75) is 367 Å². The number of allylic oxidation sites excluding steroid dienone is 12. The zero-order valence-electron chi connectivity index (χ0n) is 53.3. The second-order valence-corrected chi connectivity index (χ2v) is 23.4. The van der Waals surface area contributed by atoms with Crippen molar-refractivity contribution in [1.29, 1.82) is 0 Å². The van der Waals surface area contributed by atoms with Crippen molar-refractivity contribution in [2.24, 2.45) is 0 Å². The van der Waals surface area contributed by atoms with Gasteiger partial charge in [0, 0.05) is 19.3 Å². The van der Waals surface area contributed by atoms with E-state index in [-0.39, 0.29) is 31.1 Å². The highest BCUT2D eigenvalue weighted by Gasteiger charge is 2.19. The molecule has 6 nitrogen and oxygen atoms in total. The topological polar surface area (TPSA) is 78.9 Å². The van der Waals surface area contributed by atoms with E-state index in [1.165, 1.54) is 231 Å². The summed E-state index contributed by atoms with van der Waals surface area (Å²) in [4.78, 5) is 38.4. The summed E-state index contributed by atoms with van der Waals surface area (Å²) in [5.41, 5.74) is 0. The van der Waals surface area contributed by atoms with Crippen LogP contribution in [0.15, 0.2) is 72.9 Å².